The van der Waals surface area contributed by atoms with Crippen LogP contribution in [0.4, 0.5) is 8.78 Å². The van der Waals surface area contributed by atoms with Crippen LogP contribution in [0.15, 0.2) is 0 Å². The number of halogens is 2. The lowest BCUT2D eigenvalue weighted by Gasteiger charge is -2.10. The summed E-state index contributed by atoms with van der Waals surface area (Å²) in [7, 11) is 0. The summed E-state index contributed by atoms with van der Waals surface area (Å²) in [6.45, 7) is 6.68. The molecule has 0 saturated heterocycles. The Morgan fingerprint density at radius 3 is 1.87 bits per heavy atom. The standard InChI is InChI=1S/C6H12F2.C5H11NO/c1-3-5-6(7,8)4-2;1-3-5(6)4(2)7/h3-5H2,1-2H3;5H,3,6H2,1-2H3/t;5-/m.1/s1. The molecule has 0 aliphatic heterocycles. The maximum absolute atomic E-state index is 12.2. The number of ketones is 1. The van der Waals surface area contributed by atoms with Crippen molar-refractivity contribution in [2.45, 2.75) is 65.3 Å². The molecule has 0 spiro atoms. The summed E-state index contributed by atoms with van der Waals surface area (Å²) in [4.78, 5) is 10.2. The lowest BCUT2D eigenvalue weighted by atomic mass is 10.1. The van der Waals surface area contributed by atoms with E-state index < -0.39 is 5.92 Å². The van der Waals surface area contributed by atoms with E-state index >= 15 is 0 Å². The van der Waals surface area contributed by atoms with Gasteiger partial charge in [0, 0.05) is 12.8 Å². The summed E-state index contributed by atoms with van der Waals surface area (Å²) >= 11 is 0. The van der Waals surface area contributed by atoms with Crippen LogP contribution in [0.2, 0.25) is 0 Å². The SMILES string of the molecule is CCCC(F)(F)CC.CC[C@@H](N)C(C)=O. The molecule has 0 aromatic rings. The number of carbonyl (C=O) groups is 1. The van der Waals surface area contributed by atoms with Gasteiger partial charge in [-0.05, 0) is 13.3 Å². The minimum Gasteiger partial charge on any atom is -0.322 e. The van der Waals surface area contributed by atoms with E-state index in [4.69, 9.17) is 5.73 Å². The first-order valence-corrected chi connectivity index (χ1v) is 5.44. The highest BCUT2D eigenvalue weighted by Crippen LogP contribution is 2.23. The zero-order valence-corrected chi connectivity index (χ0v) is 10.1. The largest absolute Gasteiger partial charge is 0.322 e. The smallest absolute Gasteiger partial charge is 0.247 e. The molecule has 0 unspecified atom stereocenters. The van der Waals surface area contributed by atoms with Gasteiger partial charge in [0.15, 0.2) is 0 Å². The second kappa shape index (κ2) is 8.77. The maximum atomic E-state index is 12.2. The Bertz CT molecular complexity index is 172. The van der Waals surface area contributed by atoms with Crippen molar-refractivity contribution in [1.82, 2.24) is 0 Å². The van der Waals surface area contributed by atoms with Crippen molar-refractivity contribution >= 4 is 5.78 Å². The summed E-state index contributed by atoms with van der Waals surface area (Å²) in [5.41, 5.74) is 5.27. The Hall–Kier alpha value is -0.510. The van der Waals surface area contributed by atoms with Crippen LogP contribution in [0.25, 0.3) is 0 Å². The molecule has 0 bridgehead atoms. The van der Waals surface area contributed by atoms with Gasteiger partial charge in [0.05, 0.1) is 6.04 Å². The number of hydrogen-bond acceptors (Lipinski definition) is 2. The highest BCUT2D eigenvalue weighted by atomic mass is 19.3. The Kier molecular flexibility index (Phi) is 9.88. The van der Waals surface area contributed by atoms with Gasteiger partial charge in [-0.15, -0.1) is 0 Å². The van der Waals surface area contributed by atoms with E-state index in [0.29, 0.717) is 6.42 Å². The minimum atomic E-state index is -2.41. The van der Waals surface area contributed by atoms with E-state index in [2.05, 4.69) is 0 Å². The van der Waals surface area contributed by atoms with Gasteiger partial charge in [0.1, 0.15) is 5.78 Å². The highest BCUT2D eigenvalue weighted by molar-refractivity contribution is 5.80. The molecule has 1 atom stereocenters. The van der Waals surface area contributed by atoms with Crippen molar-refractivity contribution in [2.24, 2.45) is 5.73 Å². The van der Waals surface area contributed by atoms with Crippen molar-refractivity contribution in [3.63, 3.8) is 0 Å². The summed E-state index contributed by atoms with van der Waals surface area (Å²) < 4.78 is 24.3. The van der Waals surface area contributed by atoms with Crippen LogP contribution in [0.5, 0.6) is 0 Å². The van der Waals surface area contributed by atoms with Gasteiger partial charge in [0.2, 0.25) is 5.92 Å². The van der Waals surface area contributed by atoms with Crippen LogP contribution in [0, 0.1) is 0 Å². The summed E-state index contributed by atoms with van der Waals surface area (Å²) in [5.74, 6) is -2.34. The van der Waals surface area contributed by atoms with Crippen molar-refractivity contribution < 1.29 is 13.6 Å². The zero-order chi connectivity index (χ0) is 12.5. The van der Waals surface area contributed by atoms with Gasteiger partial charge in [-0.25, -0.2) is 8.78 Å². The molecule has 2 N–H and O–H groups in total. The molecule has 0 radical (unpaired) electrons. The van der Waals surface area contributed by atoms with Crippen LogP contribution in [0.3, 0.4) is 0 Å². The fraction of sp³-hybridized carbons (Fsp3) is 0.909. The average Bonchev–Trinajstić information content (AvgIpc) is 2.17. The van der Waals surface area contributed by atoms with Crippen LogP contribution in [0.1, 0.15) is 53.4 Å². The fourth-order valence-corrected chi connectivity index (χ4v) is 0.830. The molecule has 15 heavy (non-hydrogen) atoms. The molecule has 0 rings (SSSR count). The third-order valence-corrected chi connectivity index (χ3v) is 2.10. The molecule has 0 saturated carbocycles. The maximum Gasteiger partial charge on any atom is 0.247 e. The quantitative estimate of drug-likeness (QED) is 0.778. The molecule has 0 aromatic heterocycles. The number of Topliss-reactive ketones (excluding diaryl/α,β-unsaturated/α-hetero) is 1. The molecule has 0 aliphatic rings. The Labute approximate surface area is 91.2 Å². The predicted molar refractivity (Wildman–Crippen MR) is 59.1 cm³/mol. The average molecular weight is 223 g/mol. The van der Waals surface area contributed by atoms with E-state index in [1.54, 1.807) is 6.92 Å². The third kappa shape index (κ3) is 11.4. The van der Waals surface area contributed by atoms with Gasteiger partial charge in [-0.2, -0.15) is 0 Å². The van der Waals surface area contributed by atoms with Crippen LogP contribution >= 0.6 is 0 Å². The highest BCUT2D eigenvalue weighted by Gasteiger charge is 2.23. The third-order valence-electron chi connectivity index (χ3n) is 2.10. The molecule has 4 heteroatoms. The second-order valence-electron chi connectivity index (χ2n) is 3.58. The predicted octanol–water partition coefficient (Wildman–Crippen LogP) is 3.14. The normalized spacial score (nSPS) is 12.7. The van der Waals surface area contributed by atoms with Crippen molar-refractivity contribution in [1.29, 1.82) is 0 Å². The summed E-state index contributed by atoms with van der Waals surface area (Å²) in [6.07, 6.45) is 1.32. The van der Waals surface area contributed by atoms with Crippen LogP contribution < -0.4 is 5.73 Å². The summed E-state index contributed by atoms with van der Waals surface area (Å²) in [6, 6.07) is -0.236. The molecule has 2 nitrogen and oxygen atoms in total. The van der Waals surface area contributed by atoms with Gasteiger partial charge in [-0.3, -0.25) is 4.79 Å². The van der Waals surface area contributed by atoms with Gasteiger partial charge < -0.3 is 5.73 Å². The van der Waals surface area contributed by atoms with E-state index in [0.717, 1.165) is 6.42 Å². The fourth-order valence-electron chi connectivity index (χ4n) is 0.830. The topological polar surface area (TPSA) is 43.1 Å². The number of rotatable bonds is 5. The first-order valence-electron chi connectivity index (χ1n) is 5.44. The molecule has 0 heterocycles. The zero-order valence-electron chi connectivity index (χ0n) is 10.1. The minimum absolute atomic E-state index is 0.0269. The Morgan fingerprint density at radius 1 is 1.33 bits per heavy atom. The van der Waals surface area contributed by atoms with Crippen LogP contribution in [-0.4, -0.2) is 17.7 Å². The molecule has 0 fully saturated rings. The number of alkyl halides is 2. The molecular weight excluding hydrogens is 200 g/mol. The number of carbonyl (C=O) groups excluding carboxylic acids is 1. The molecule has 0 aliphatic carbocycles. The van der Waals surface area contributed by atoms with E-state index in [1.165, 1.54) is 13.8 Å². The molecular formula is C11H23F2NO. The van der Waals surface area contributed by atoms with Crippen molar-refractivity contribution in [2.75, 3.05) is 0 Å². The lowest BCUT2D eigenvalue weighted by Crippen LogP contribution is -2.26. The number of nitrogens with two attached hydrogens (primary N) is 1. The van der Waals surface area contributed by atoms with Crippen LogP contribution in [-0.2, 0) is 4.79 Å². The van der Waals surface area contributed by atoms with Crippen molar-refractivity contribution in [3.05, 3.63) is 0 Å². The van der Waals surface area contributed by atoms with E-state index in [-0.39, 0.29) is 24.7 Å². The van der Waals surface area contributed by atoms with Crippen molar-refractivity contribution in [3.8, 4) is 0 Å². The van der Waals surface area contributed by atoms with Gasteiger partial charge in [-0.1, -0.05) is 27.2 Å². The molecule has 0 amide bonds. The summed E-state index contributed by atoms with van der Waals surface area (Å²) in [5, 5.41) is 0. The molecule has 0 aromatic carbocycles. The first kappa shape index (κ1) is 16.9. The van der Waals surface area contributed by atoms with E-state index in [9.17, 15) is 13.6 Å². The Balaban J connectivity index is 0. The monoisotopic (exact) mass is 223 g/mol. The molecule has 92 valence electrons. The lowest BCUT2D eigenvalue weighted by molar-refractivity contribution is -0.118. The second-order valence-corrected chi connectivity index (χ2v) is 3.58. The van der Waals surface area contributed by atoms with E-state index in [1.807, 2.05) is 6.92 Å². The Morgan fingerprint density at radius 2 is 1.80 bits per heavy atom. The van der Waals surface area contributed by atoms with Gasteiger partial charge in [0.25, 0.3) is 0 Å². The first-order chi connectivity index (χ1) is 6.80. The van der Waals surface area contributed by atoms with Gasteiger partial charge >= 0.3 is 0 Å². The number of hydrogen-bond donors (Lipinski definition) is 1.